The van der Waals surface area contributed by atoms with Crippen LogP contribution in [-0.4, -0.2) is 21.5 Å². The predicted molar refractivity (Wildman–Crippen MR) is 60.5 cm³/mol. The average Bonchev–Trinajstić information content (AvgIpc) is 2.76. The first-order valence-corrected chi connectivity index (χ1v) is 5.70. The molecule has 2 aromatic rings. The number of thiazole rings is 1. The zero-order valence-electron chi connectivity index (χ0n) is 8.26. The summed E-state index contributed by atoms with van der Waals surface area (Å²) in [6.45, 7) is 0.703. The molecule has 0 aliphatic heterocycles. The van der Waals surface area contributed by atoms with Crippen molar-refractivity contribution in [2.24, 2.45) is 5.73 Å². The van der Waals surface area contributed by atoms with Crippen LogP contribution in [-0.2, 0) is 6.42 Å². The van der Waals surface area contributed by atoms with E-state index in [4.69, 9.17) is 5.73 Å². The van der Waals surface area contributed by atoms with Gasteiger partial charge in [0, 0.05) is 17.8 Å². The van der Waals surface area contributed by atoms with Gasteiger partial charge in [-0.15, -0.1) is 11.3 Å². The molecule has 0 aliphatic rings. The maximum Gasteiger partial charge on any atom is 0.188 e. The Hall–Kier alpha value is -1.33. The molecule has 0 unspecified atom stereocenters. The molecule has 2 aromatic heterocycles. The lowest BCUT2D eigenvalue weighted by Crippen LogP contribution is -2.00. The van der Waals surface area contributed by atoms with Crippen LogP contribution in [0.15, 0.2) is 23.8 Å². The molecule has 0 bridgehead atoms. The highest BCUT2D eigenvalue weighted by atomic mass is 32.1. The molecule has 0 atom stereocenters. The second-order valence-electron chi connectivity index (χ2n) is 3.11. The van der Waals surface area contributed by atoms with Crippen molar-refractivity contribution in [2.75, 3.05) is 6.54 Å². The Bertz CT molecular complexity index is 412. The van der Waals surface area contributed by atoms with Crippen molar-refractivity contribution in [1.29, 1.82) is 0 Å². The molecular formula is C10H12N4S. The molecule has 0 aliphatic carbocycles. The molecule has 2 rings (SSSR count). The standard InChI is InChI=1S/C10H12N4S/c11-4-1-3-8-7-15-10(14-8)9-12-5-2-6-13-9/h2,5-7H,1,3-4,11H2. The van der Waals surface area contributed by atoms with Crippen LogP contribution in [0.5, 0.6) is 0 Å². The molecule has 0 spiro atoms. The minimum absolute atomic E-state index is 0.696. The first kappa shape index (κ1) is 10.2. The van der Waals surface area contributed by atoms with E-state index in [1.165, 1.54) is 0 Å². The van der Waals surface area contributed by atoms with Crippen LogP contribution in [0.1, 0.15) is 12.1 Å². The maximum absolute atomic E-state index is 5.45. The summed E-state index contributed by atoms with van der Waals surface area (Å²) in [4.78, 5) is 12.8. The fourth-order valence-electron chi connectivity index (χ4n) is 1.22. The van der Waals surface area contributed by atoms with Gasteiger partial charge >= 0.3 is 0 Å². The molecule has 0 amide bonds. The van der Waals surface area contributed by atoms with Crippen molar-refractivity contribution >= 4 is 11.3 Å². The Kier molecular flexibility index (Phi) is 3.37. The summed E-state index contributed by atoms with van der Waals surface area (Å²) in [5, 5.41) is 2.92. The third-order valence-corrected chi connectivity index (χ3v) is 2.83. The number of hydrogen-bond donors (Lipinski definition) is 1. The zero-order chi connectivity index (χ0) is 10.5. The van der Waals surface area contributed by atoms with Crippen LogP contribution in [0.3, 0.4) is 0 Å². The van der Waals surface area contributed by atoms with Gasteiger partial charge in [0.2, 0.25) is 0 Å². The minimum Gasteiger partial charge on any atom is -0.330 e. The van der Waals surface area contributed by atoms with Gasteiger partial charge in [0.15, 0.2) is 10.8 Å². The number of hydrogen-bond acceptors (Lipinski definition) is 5. The predicted octanol–water partition coefficient (Wildman–Crippen LogP) is 1.49. The van der Waals surface area contributed by atoms with Crippen LogP contribution in [0.25, 0.3) is 10.8 Å². The summed E-state index contributed by atoms with van der Waals surface area (Å²) in [5.74, 6) is 0.696. The lowest BCUT2D eigenvalue weighted by molar-refractivity contribution is 0.816. The summed E-state index contributed by atoms with van der Waals surface area (Å²) in [5.41, 5.74) is 6.52. The van der Waals surface area contributed by atoms with Gasteiger partial charge in [-0.25, -0.2) is 15.0 Å². The number of nitrogens with zero attached hydrogens (tertiary/aromatic N) is 3. The van der Waals surface area contributed by atoms with Crippen molar-refractivity contribution in [3.63, 3.8) is 0 Å². The summed E-state index contributed by atoms with van der Waals surface area (Å²) < 4.78 is 0. The largest absolute Gasteiger partial charge is 0.330 e. The van der Waals surface area contributed by atoms with Crippen LogP contribution in [0, 0.1) is 0 Å². The highest BCUT2D eigenvalue weighted by Gasteiger charge is 2.05. The van der Waals surface area contributed by atoms with Crippen LogP contribution >= 0.6 is 11.3 Å². The van der Waals surface area contributed by atoms with Crippen molar-refractivity contribution in [3.05, 3.63) is 29.5 Å². The minimum atomic E-state index is 0.696. The Morgan fingerprint density at radius 2 is 2.07 bits per heavy atom. The Morgan fingerprint density at radius 3 is 2.80 bits per heavy atom. The fourth-order valence-corrected chi connectivity index (χ4v) is 2.02. The Labute approximate surface area is 92.2 Å². The molecule has 5 heteroatoms. The van der Waals surface area contributed by atoms with E-state index in [1.807, 2.05) is 5.38 Å². The maximum atomic E-state index is 5.45. The van der Waals surface area contributed by atoms with Crippen molar-refractivity contribution in [2.45, 2.75) is 12.8 Å². The molecule has 0 saturated carbocycles. The van der Waals surface area contributed by atoms with E-state index in [0.717, 1.165) is 23.5 Å². The molecule has 0 saturated heterocycles. The van der Waals surface area contributed by atoms with E-state index < -0.39 is 0 Å². The first-order chi connectivity index (χ1) is 7.40. The average molecular weight is 220 g/mol. The molecule has 0 radical (unpaired) electrons. The van der Waals surface area contributed by atoms with Gasteiger partial charge in [-0.1, -0.05) is 0 Å². The lowest BCUT2D eigenvalue weighted by Gasteiger charge is -1.93. The van der Waals surface area contributed by atoms with Gasteiger partial charge in [-0.3, -0.25) is 0 Å². The van der Waals surface area contributed by atoms with E-state index in [2.05, 4.69) is 15.0 Å². The quantitative estimate of drug-likeness (QED) is 0.847. The van der Waals surface area contributed by atoms with E-state index in [1.54, 1.807) is 29.8 Å². The van der Waals surface area contributed by atoms with Crippen molar-refractivity contribution in [3.8, 4) is 10.8 Å². The Balaban J connectivity index is 2.14. The van der Waals surface area contributed by atoms with Gasteiger partial charge < -0.3 is 5.73 Å². The third-order valence-electron chi connectivity index (χ3n) is 1.95. The second-order valence-corrected chi connectivity index (χ2v) is 3.97. The zero-order valence-corrected chi connectivity index (χ0v) is 9.07. The van der Waals surface area contributed by atoms with Crippen LogP contribution in [0.4, 0.5) is 0 Å². The molecule has 0 aromatic carbocycles. The number of rotatable bonds is 4. The highest BCUT2D eigenvalue weighted by Crippen LogP contribution is 2.19. The van der Waals surface area contributed by atoms with Gasteiger partial charge in [-0.05, 0) is 25.5 Å². The van der Waals surface area contributed by atoms with Gasteiger partial charge in [0.25, 0.3) is 0 Å². The number of nitrogens with two attached hydrogens (primary N) is 1. The molecule has 2 N–H and O–H groups in total. The molecule has 78 valence electrons. The van der Waals surface area contributed by atoms with Crippen LogP contribution < -0.4 is 5.73 Å². The first-order valence-electron chi connectivity index (χ1n) is 4.82. The number of aryl methyl sites for hydroxylation is 1. The highest BCUT2D eigenvalue weighted by molar-refractivity contribution is 7.13. The van der Waals surface area contributed by atoms with Gasteiger partial charge in [-0.2, -0.15) is 0 Å². The summed E-state index contributed by atoms with van der Waals surface area (Å²) >= 11 is 1.58. The van der Waals surface area contributed by atoms with E-state index >= 15 is 0 Å². The molecule has 2 heterocycles. The van der Waals surface area contributed by atoms with Crippen molar-refractivity contribution in [1.82, 2.24) is 15.0 Å². The van der Waals surface area contributed by atoms with Crippen molar-refractivity contribution < 1.29 is 0 Å². The molecule has 15 heavy (non-hydrogen) atoms. The van der Waals surface area contributed by atoms with E-state index in [9.17, 15) is 0 Å². The monoisotopic (exact) mass is 220 g/mol. The smallest absolute Gasteiger partial charge is 0.188 e. The molecule has 0 fully saturated rings. The summed E-state index contributed by atoms with van der Waals surface area (Å²) in [6, 6.07) is 1.80. The molecular weight excluding hydrogens is 208 g/mol. The topological polar surface area (TPSA) is 64.7 Å². The van der Waals surface area contributed by atoms with Gasteiger partial charge in [0.1, 0.15) is 0 Å². The third kappa shape index (κ3) is 2.57. The SMILES string of the molecule is NCCCc1csc(-c2ncccn2)n1. The fraction of sp³-hybridized carbons (Fsp3) is 0.300. The summed E-state index contributed by atoms with van der Waals surface area (Å²) in [6.07, 6.45) is 5.35. The lowest BCUT2D eigenvalue weighted by atomic mass is 10.2. The number of aromatic nitrogens is 3. The summed E-state index contributed by atoms with van der Waals surface area (Å²) in [7, 11) is 0. The normalized spacial score (nSPS) is 10.5. The second kappa shape index (κ2) is 4.95. The van der Waals surface area contributed by atoms with Gasteiger partial charge in [0.05, 0.1) is 5.69 Å². The van der Waals surface area contributed by atoms with Crippen LogP contribution in [0.2, 0.25) is 0 Å². The molecule has 4 nitrogen and oxygen atoms in total. The van der Waals surface area contributed by atoms with E-state index in [0.29, 0.717) is 12.4 Å². The van der Waals surface area contributed by atoms with E-state index in [-0.39, 0.29) is 0 Å². The Morgan fingerprint density at radius 1 is 1.27 bits per heavy atom.